The molecule has 1 fully saturated rings. The summed E-state index contributed by atoms with van der Waals surface area (Å²) in [6, 6.07) is 6.42. The van der Waals surface area contributed by atoms with Gasteiger partial charge in [-0.05, 0) is 38.4 Å². The lowest BCUT2D eigenvalue weighted by atomic mass is 10.1. The molecule has 0 radical (unpaired) electrons. The molecule has 0 N–H and O–H groups in total. The third-order valence-corrected chi connectivity index (χ3v) is 4.48. The Bertz CT molecular complexity index is 708. The minimum absolute atomic E-state index is 0.140. The Kier molecular flexibility index (Phi) is 6.12. The fraction of sp³-hybridized carbons (Fsp3) is 0.474. The lowest BCUT2D eigenvalue weighted by Gasteiger charge is -2.24. The van der Waals surface area contributed by atoms with Crippen LogP contribution in [0.1, 0.15) is 37.1 Å². The number of likely N-dealkylation sites (N-methyl/N-ethyl adjacent to an activating group) is 1. The second-order valence-electron chi connectivity index (χ2n) is 6.44. The molecule has 2 aromatic rings. The SMILES string of the molecule is CCOC(=O)CN(C)c1ncc(CN2CCC[C@H]2c2ccccn2)cn1. The van der Waals surface area contributed by atoms with Crippen molar-refractivity contribution in [3.63, 3.8) is 0 Å². The lowest BCUT2D eigenvalue weighted by Crippen LogP contribution is -2.28. The first kappa shape index (κ1) is 18.3. The highest BCUT2D eigenvalue weighted by atomic mass is 16.5. The molecule has 1 aliphatic heterocycles. The molecule has 1 aliphatic rings. The van der Waals surface area contributed by atoms with E-state index in [0.717, 1.165) is 30.8 Å². The molecule has 7 heteroatoms. The fourth-order valence-electron chi connectivity index (χ4n) is 3.26. The van der Waals surface area contributed by atoms with Crippen molar-refractivity contribution < 1.29 is 9.53 Å². The van der Waals surface area contributed by atoms with Crippen molar-refractivity contribution in [1.29, 1.82) is 0 Å². The number of carbonyl (C=O) groups is 1. The Labute approximate surface area is 154 Å². The predicted octanol–water partition coefficient (Wildman–Crippen LogP) is 2.21. The molecule has 0 aromatic carbocycles. The number of ether oxygens (including phenoxy) is 1. The number of likely N-dealkylation sites (tertiary alicyclic amines) is 1. The first-order chi connectivity index (χ1) is 12.7. The molecule has 0 unspecified atom stereocenters. The number of nitrogens with zero attached hydrogens (tertiary/aromatic N) is 5. The van der Waals surface area contributed by atoms with Crippen molar-refractivity contribution in [3.8, 4) is 0 Å². The highest BCUT2D eigenvalue weighted by Crippen LogP contribution is 2.31. The van der Waals surface area contributed by atoms with Gasteiger partial charge in [-0.3, -0.25) is 14.7 Å². The lowest BCUT2D eigenvalue weighted by molar-refractivity contribution is -0.141. The summed E-state index contributed by atoms with van der Waals surface area (Å²) < 4.78 is 4.95. The van der Waals surface area contributed by atoms with Crippen LogP contribution in [0, 0.1) is 0 Å². The van der Waals surface area contributed by atoms with Gasteiger partial charge >= 0.3 is 5.97 Å². The van der Waals surface area contributed by atoms with Crippen LogP contribution in [0.4, 0.5) is 5.95 Å². The topological polar surface area (TPSA) is 71.5 Å². The van der Waals surface area contributed by atoms with Crippen LogP contribution in [-0.4, -0.2) is 52.6 Å². The van der Waals surface area contributed by atoms with Crippen molar-refractivity contribution >= 4 is 11.9 Å². The molecule has 3 heterocycles. The zero-order chi connectivity index (χ0) is 18.4. The van der Waals surface area contributed by atoms with E-state index in [2.05, 4.69) is 25.9 Å². The third-order valence-electron chi connectivity index (χ3n) is 4.48. The normalized spacial score (nSPS) is 17.2. The number of aromatic nitrogens is 3. The number of carbonyl (C=O) groups excluding carboxylic acids is 1. The van der Waals surface area contributed by atoms with Gasteiger partial charge in [0.1, 0.15) is 6.54 Å². The second kappa shape index (κ2) is 8.71. The van der Waals surface area contributed by atoms with Crippen molar-refractivity contribution in [3.05, 3.63) is 48.0 Å². The van der Waals surface area contributed by atoms with Gasteiger partial charge in [-0.15, -0.1) is 0 Å². The summed E-state index contributed by atoms with van der Waals surface area (Å²) in [7, 11) is 1.78. The fourth-order valence-corrected chi connectivity index (χ4v) is 3.26. The van der Waals surface area contributed by atoms with Gasteiger partial charge < -0.3 is 9.64 Å². The van der Waals surface area contributed by atoms with Crippen molar-refractivity contribution in [1.82, 2.24) is 19.9 Å². The van der Waals surface area contributed by atoms with E-state index in [1.807, 2.05) is 30.7 Å². The first-order valence-electron chi connectivity index (χ1n) is 9.00. The van der Waals surface area contributed by atoms with Crippen LogP contribution in [0.3, 0.4) is 0 Å². The number of rotatable bonds is 7. The number of hydrogen-bond donors (Lipinski definition) is 0. The average Bonchev–Trinajstić information content (AvgIpc) is 3.11. The molecule has 1 atom stereocenters. The maximum absolute atomic E-state index is 11.6. The van der Waals surface area contributed by atoms with E-state index >= 15 is 0 Å². The minimum Gasteiger partial charge on any atom is -0.465 e. The van der Waals surface area contributed by atoms with E-state index in [4.69, 9.17) is 4.74 Å². The highest BCUT2D eigenvalue weighted by Gasteiger charge is 2.27. The van der Waals surface area contributed by atoms with Crippen LogP contribution in [0.15, 0.2) is 36.8 Å². The molecule has 0 spiro atoms. The van der Waals surface area contributed by atoms with Gasteiger partial charge in [-0.2, -0.15) is 0 Å². The molecule has 138 valence electrons. The second-order valence-corrected chi connectivity index (χ2v) is 6.44. The number of anilines is 1. The molecular formula is C19H25N5O2. The smallest absolute Gasteiger partial charge is 0.325 e. The molecule has 3 rings (SSSR count). The van der Waals surface area contributed by atoms with E-state index < -0.39 is 0 Å². The summed E-state index contributed by atoms with van der Waals surface area (Å²) in [5, 5.41) is 0. The van der Waals surface area contributed by atoms with E-state index in [-0.39, 0.29) is 12.5 Å². The quantitative estimate of drug-likeness (QED) is 0.705. The summed E-state index contributed by atoms with van der Waals surface area (Å²) in [5.74, 6) is 0.238. The first-order valence-corrected chi connectivity index (χ1v) is 9.00. The van der Waals surface area contributed by atoms with Crippen molar-refractivity contribution in [2.45, 2.75) is 32.4 Å². The molecule has 2 aromatic heterocycles. The van der Waals surface area contributed by atoms with Crippen LogP contribution in [-0.2, 0) is 16.1 Å². The minimum atomic E-state index is -0.280. The third kappa shape index (κ3) is 4.54. The van der Waals surface area contributed by atoms with Crippen LogP contribution in [0.25, 0.3) is 0 Å². The van der Waals surface area contributed by atoms with Gasteiger partial charge in [0.25, 0.3) is 0 Å². The number of esters is 1. The Morgan fingerprint density at radius 2 is 2.12 bits per heavy atom. The maximum Gasteiger partial charge on any atom is 0.325 e. The van der Waals surface area contributed by atoms with Gasteiger partial charge in [-0.1, -0.05) is 6.07 Å². The highest BCUT2D eigenvalue weighted by molar-refractivity contribution is 5.74. The molecule has 1 saturated heterocycles. The summed E-state index contributed by atoms with van der Waals surface area (Å²) >= 11 is 0. The van der Waals surface area contributed by atoms with E-state index in [9.17, 15) is 4.79 Å². The largest absolute Gasteiger partial charge is 0.465 e. The Hall–Kier alpha value is -2.54. The van der Waals surface area contributed by atoms with E-state index in [1.165, 1.54) is 6.42 Å². The molecule has 0 bridgehead atoms. The van der Waals surface area contributed by atoms with E-state index in [0.29, 0.717) is 18.6 Å². The predicted molar refractivity (Wildman–Crippen MR) is 98.6 cm³/mol. The zero-order valence-electron chi connectivity index (χ0n) is 15.3. The van der Waals surface area contributed by atoms with Crippen LogP contribution in [0.2, 0.25) is 0 Å². The van der Waals surface area contributed by atoms with Gasteiger partial charge in [0.15, 0.2) is 0 Å². The molecule has 0 saturated carbocycles. The number of hydrogen-bond acceptors (Lipinski definition) is 7. The molecule has 7 nitrogen and oxygen atoms in total. The van der Waals surface area contributed by atoms with Gasteiger partial charge in [0.05, 0.1) is 18.3 Å². The van der Waals surface area contributed by atoms with Crippen LogP contribution < -0.4 is 4.90 Å². The Morgan fingerprint density at radius 3 is 2.81 bits per heavy atom. The average molecular weight is 355 g/mol. The monoisotopic (exact) mass is 355 g/mol. The van der Waals surface area contributed by atoms with Crippen molar-refractivity contribution in [2.24, 2.45) is 0 Å². The molecule has 0 aliphatic carbocycles. The Balaban J connectivity index is 1.61. The molecule has 26 heavy (non-hydrogen) atoms. The summed E-state index contributed by atoms with van der Waals surface area (Å²) in [6.07, 6.45) is 7.80. The summed E-state index contributed by atoms with van der Waals surface area (Å²) in [4.78, 5) is 29.0. The van der Waals surface area contributed by atoms with Gasteiger partial charge in [0, 0.05) is 37.7 Å². The number of pyridine rings is 1. The van der Waals surface area contributed by atoms with Gasteiger partial charge in [-0.25, -0.2) is 9.97 Å². The van der Waals surface area contributed by atoms with Crippen LogP contribution in [0.5, 0.6) is 0 Å². The van der Waals surface area contributed by atoms with Crippen LogP contribution >= 0.6 is 0 Å². The summed E-state index contributed by atoms with van der Waals surface area (Å²) in [6.45, 7) is 4.15. The Morgan fingerprint density at radius 1 is 1.31 bits per heavy atom. The molecule has 0 amide bonds. The van der Waals surface area contributed by atoms with Gasteiger partial charge in [0.2, 0.25) is 5.95 Å². The maximum atomic E-state index is 11.6. The summed E-state index contributed by atoms with van der Waals surface area (Å²) in [5.41, 5.74) is 2.18. The molecular weight excluding hydrogens is 330 g/mol. The van der Waals surface area contributed by atoms with E-state index in [1.54, 1.807) is 18.9 Å². The van der Waals surface area contributed by atoms with Crippen molar-refractivity contribution in [2.75, 3.05) is 31.6 Å². The standard InChI is InChI=1S/C19H25N5O2/c1-3-26-18(25)14-23(2)19-21-11-15(12-22-19)13-24-10-6-8-17(24)16-7-4-5-9-20-16/h4-5,7,9,11-12,17H,3,6,8,10,13-14H2,1-2H3/t17-/m0/s1. The zero-order valence-corrected chi connectivity index (χ0v) is 15.3.